The highest BCUT2D eigenvalue weighted by Gasteiger charge is 2.71. The Bertz CT molecular complexity index is 1870. The summed E-state index contributed by atoms with van der Waals surface area (Å²) >= 11 is 2.59. The first kappa shape index (κ1) is 34.4. The molecule has 0 aromatic heterocycles. The molecule has 2 aliphatic rings. The van der Waals surface area contributed by atoms with E-state index >= 15 is 8.78 Å². The van der Waals surface area contributed by atoms with E-state index in [0.29, 0.717) is 45.3 Å². The molecular formula is C37H36F2N2O6S2. The molecule has 0 saturated carbocycles. The highest BCUT2D eigenvalue weighted by molar-refractivity contribution is 8.05. The van der Waals surface area contributed by atoms with Gasteiger partial charge in [0.15, 0.2) is 9.74 Å². The van der Waals surface area contributed by atoms with E-state index in [-0.39, 0.29) is 42.0 Å². The van der Waals surface area contributed by atoms with E-state index in [1.54, 1.807) is 83.5 Å². The quantitative estimate of drug-likeness (QED) is 0.168. The van der Waals surface area contributed by atoms with Crippen molar-refractivity contribution in [2.75, 3.05) is 39.9 Å². The summed E-state index contributed by atoms with van der Waals surface area (Å²) < 4.78 is 54.6. The van der Waals surface area contributed by atoms with E-state index < -0.39 is 21.4 Å². The highest BCUT2D eigenvalue weighted by Crippen LogP contribution is 2.70. The van der Waals surface area contributed by atoms with Gasteiger partial charge < -0.3 is 28.7 Å². The van der Waals surface area contributed by atoms with Crippen LogP contribution in [-0.2, 0) is 32.4 Å². The number of nitrogens with zero attached hydrogens (tertiary/aromatic N) is 2. The number of hydrogen-bond acceptors (Lipinski definition) is 8. The van der Waals surface area contributed by atoms with Gasteiger partial charge in [-0.05, 0) is 54.4 Å². The van der Waals surface area contributed by atoms with Crippen LogP contribution in [-0.4, -0.2) is 61.6 Å². The van der Waals surface area contributed by atoms with E-state index in [1.165, 1.54) is 64.1 Å². The Morgan fingerprint density at radius 3 is 1.55 bits per heavy atom. The molecule has 2 aliphatic heterocycles. The second kappa shape index (κ2) is 13.8. The monoisotopic (exact) mass is 706 g/mol. The van der Waals surface area contributed by atoms with Crippen LogP contribution in [0.25, 0.3) is 0 Å². The van der Waals surface area contributed by atoms with Crippen LogP contribution < -0.4 is 18.9 Å². The number of rotatable bonds is 11. The third kappa shape index (κ3) is 5.54. The third-order valence-corrected chi connectivity index (χ3v) is 12.2. The average Bonchev–Trinajstić information content (AvgIpc) is 3.62. The maximum absolute atomic E-state index is 15.5. The van der Waals surface area contributed by atoms with Crippen LogP contribution >= 0.6 is 23.5 Å². The van der Waals surface area contributed by atoms with Crippen molar-refractivity contribution >= 4 is 35.3 Å². The van der Waals surface area contributed by atoms with Crippen molar-refractivity contribution in [2.45, 2.75) is 29.8 Å². The molecule has 49 heavy (non-hydrogen) atoms. The van der Waals surface area contributed by atoms with Crippen LogP contribution in [0.15, 0.2) is 78.9 Å². The van der Waals surface area contributed by atoms with Gasteiger partial charge in [0.05, 0.1) is 57.6 Å². The van der Waals surface area contributed by atoms with E-state index in [0.717, 1.165) is 0 Å². The first-order valence-electron chi connectivity index (χ1n) is 15.5. The molecule has 2 amide bonds. The highest BCUT2D eigenvalue weighted by atomic mass is 32.2. The van der Waals surface area contributed by atoms with Crippen molar-refractivity contribution in [1.29, 1.82) is 0 Å². The van der Waals surface area contributed by atoms with Crippen molar-refractivity contribution in [2.24, 2.45) is 0 Å². The summed E-state index contributed by atoms with van der Waals surface area (Å²) in [6, 6.07) is 21.7. The third-order valence-electron chi connectivity index (χ3n) is 9.03. The normalized spacial score (nSPS) is 20.6. The fourth-order valence-corrected chi connectivity index (χ4v) is 10.3. The van der Waals surface area contributed by atoms with Gasteiger partial charge in [-0.15, -0.1) is 23.5 Å². The Morgan fingerprint density at radius 2 is 1.10 bits per heavy atom. The standard InChI is InChI=1S/C37H36F2N2O6S2/c1-23-16-17-24(18-27(23)39)19-40-32(42)21-48-36(40,34-28(44-2)12-8-13-29(34)45-3)37(35-30(46-4)14-9-15-31(35)47-5)41(33(43)22-49-37)20-25-10-6-7-11-26(25)38/h6-18H,19-22H2,1-5H3. The lowest BCUT2D eigenvalue weighted by Gasteiger charge is -2.54. The van der Waals surface area contributed by atoms with Gasteiger partial charge in [0.1, 0.15) is 34.6 Å². The zero-order chi connectivity index (χ0) is 34.9. The Balaban J connectivity index is 1.78. The number of halogens is 2. The smallest absolute Gasteiger partial charge is 0.234 e. The van der Waals surface area contributed by atoms with E-state index in [2.05, 4.69) is 0 Å². The summed E-state index contributed by atoms with van der Waals surface area (Å²) in [6.45, 7) is 1.48. The number of carbonyl (C=O) groups excluding carboxylic acids is 2. The van der Waals surface area contributed by atoms with E-state index in [4.69, 9.17) is 18.9 Å². The van der Waals surface area contributed by atoms with Crippen LogP contribution in [0.4, 0.5) is 8.78 Å². The Hall–Kier alpha value is -4.42. The maximum Gasteiger partial charge on any atom is 0.234 e. The Morgan fingerprint density at radius 1 is 0.633 bits per heavy atom. The van der Waals surface area contributed by atoms with Gasteiger partial charge >= 0.3 is 0 Å². The molecule has 0 bridgehead atoms. The number of hydrogen-bond donors (Lipinski definition) is 0. The van der Waals surface area contributed by atoms with Crippen molar-refractivity contribution in [3.05, 3.63) is 118 Å². The van der Waals surface area contributed by atoms with Crippen molar-refractivity contribution in [1.82, 2.24) is 9.80 Å². The molecule has 4 aromatic carbocycles. The molecule has 0 N–H and O–H groups in total. The molecule has 0 aliphatic carbocycles. The topological polar surface area (TPSA) is 77.5 Å². The van der Waals surface area contributed by atoms with Crippen LogP contribution in [0.3, 0.4) is 0 Å². The summed E-state index contributed by atoms with van der Waals surface area (Å²) in [7, 11) is 6.08. The molecule has 2 unspecified atom stereocenters. The first-order chi connectivity index (χ1) is 23.7. The maximum atomic E-state index is 15.5. The first-order valence-corrected chi connectivity index (χ1v) is 17.4. The minimum Gasteiger partial charge on any atom is -0.496 e. The molecule has 6 rings (SSSR count). The van der Waals surface area contributed by atoms with Gasteiger partial charge in [0.25, 0.3) is 0 Å². The number of thioether (sulfide) groups is 2. The molecule has 12 heteroatoms. The molecule has 0 spiro atoms. The van der Waals surface area contributed by atoms with Gasteiger partial charge in [-0.1, -0.05) is 42.5 Å². The molecule has 2 saturated heterocycles. The number of ether oxygens (including phenoxy) is 4. The lowest BCUT2D eigenvalue weighted by atomic mass is 9.85. The minimum absolute atomic E-state index is 0.00293. The van der Waals surface area contributed by atoms with Crippen molar-refractivity contribution < 1.29 is 37.3 Å². The summed E-state index contributed by atoms with van der Waals surface area (Å²) in [5.74, 6) is 0.0663. The summed E-state index contributed by atoms with van der Waals surface area (Å²) in [4.78, 5) is 29.0. The summed E-state index contributed by atoms with van der Waals surface area (Å²) in [5, 5.41) is 0. The van der Waals surface area contributed by atoms with E-state index in [9.17, 15) is 9.59 Å². The minimum atomic E-state index is -1.56. The van der Waals surface area contributed by atoms with Gasteiger partial charge in [0, 0.05) is 12.1 Å². The Labute approximate surface area is 292 Å². The predicted molar refractivity (Wildman–Crippen MR) is 186 cm³/mol. The fourth-order valence-electron chi connectivity index (χ4n) is 6.79. The van der Waals surface area contributed by atoms with E-state index in [1.807, 2.05) is 0 Å². The lowest BCUT2D eigenvalue weighted by molar-refractivity contribution is -0.141. The largest absolute Gasteiger partial charge is 0.496 e. The molecule has 2 heterocycles. The molecule has 256 valence electrons. The number of methoxy groups -OCH3 is 4. The number of benzene rings is 4. The molecule has 2 fully saturated rings. The molecule has 2 atom stereocenters. The SMILES string of the molecule is COc1cccc(OC)c1C1(C2(c3c(OC)cccc3OC)SCC(=O)N2Cc2ccccc2F)SCC(=O)N1Cc1ccc(C)c(F)c1. The fraction of sp³-hybridized carbons (Fsp3) is 0.297. The number of aryl methyl sites for hydroxylation is 1. The molecule has 0 radical (unpaired) electrons. The van der Waals surface area contributed by atoms with Gasteiger partial charge in [-0.3, -0.25) is 9.59 Å². The van der Waals surface area contributed by atoms with Crippen molar-refractivity contribution in [3.63, 3.8) is 0 Å². The molecular weight excluding hydrogens is 671 g/mol. The predicted octanol–water partition coefficient (Wildman–Crippen LogP) is 6.86. The van der Waals surface area contributed by atoms with Crippen molar-refractivity contribution in [3.8, 4) is 23.0 Å². The lowest BCUT2D eigenvalue weighted by Crippen LogP contribution is -2.61. The van der Waals surface area contributed by atoms with Gasteiger partial charge in [0.2, 0.25) is 11.8 Å². The van der Waals surface area contributed by atoms with Crippen LogP contribution in [0.5, 0.6) is 23.0 Å². The summed E-state index contributed by atoms with van der Waals surface area (Å²) in [5.41, 5.74) is 2.21. The van der Waals surface area contributed by atoms with Crippen LogP contribution in [0.1, 0.15) is 27.8 Å². The zero-order valence-corrected chi connectivity index (χ0v) is 29.4. The zero-order valence-electron chi connectivity index (χ0n) is 27.8. The second-order valence-corrected chi connectivity index (χ2v) is 13.9. The second-order valence-electron chi connectivity index (χ2n) is 11.6. The van der Waals surface area contributed by atoms with Gasteiger partial charge in [-0.25, -0.2) is 8.78 Å². The number of carbonyl (C=O) groups is 2. The number of amides is 2. The summed E-state index contributed by atoms with van der Waals surface area (Å²) in [6.07, 6.45) is 0. The molecule has 4 aromatic rings. The van der Waals surface area contributed by atoms with Crippen LogP contribution in [0.2, 0.25) is 0 Å². The average molecular weight is 707 g/mol. The van der Waals surface area contributed by atoms with Gasteiger partial charge in [-0.2, -0.15) is 0 Å². The Kier molecular flexibility index (Phi) is 9.72. The van der Waals surface area contributed by atoms with Crippen LogP contribution in [0, 0.1) is 18.6 Å². The molecule has 8 nitrogen and oxygen atoms in total.